The van der Waals surface area contributed by atoms with Crippen LogP contribution >= 0.6 is 54.1 Å². The van der Waals surface area contributed by atoms with E-state index in [0.29, 0.717) is 42.0 Å². The van der Waals surface area contributed by atoms with Crippen LogP contribution in [0.2, 0.25) is 11.1 Å². The Morgan fingerprint density at radius 3 is 1.40 bits per heavy atom. The van der Waals surface area contributed by atoms with Gasteiger partial charge in [0, 0.05) is 51.8 Å². The molecule has 4 rings (SSSR count). The normalized spacial score (nSPS) is 15.1. The van der Waals surface area contributed by atoms with Crippen LogP contribution in [0.4, 0.5) is 0 Å². The number of rotatable bonds is 20. The predicted molar refractivity (Wildman–Crippen MR) is 192 cm³/mol. The number of thiazole rings is 2. The Balaban J connectivity index is 1.46. The van der Waals surface area contributed by atoms with Crippen molar-refractivity contribution in [1.82, 2.24) is 9.97 Å². The summed E-state index contributed by atoms with van der Waals surface area (Å²) >= 11 is 3.66. The topological polar surface area (TPSA) is 62.7 Å². The number of hydrogen-bond donors (Lipinski definition) is 0. The summed E-state index contributed by atoms with van der Waals surface area (Å²) in [6.45, 7) is 4.54. The highest BCUT2D eigenvalue weighted by Crippen LogP contribution is 2.47. The van der Waals surface area contributed by atoms with Crippen molar-refractivity contribution >= 4 is 93.6 Å². The number of ether oxygens (including phenoxy) is 4. The van der Waals surface area contributed by atoms with Gasteiger partial charge in [-0.05, 0) is 45.2 Å². The predicted octanol–water partition coefficient (Wildman–Crippen LogP) is 8.76. The van der Waals surface area contributed by atoms with Gasteiger partial charge in [0.2, 0.25) is 0 Å². The molecule has 0 aliphatic heterocycles. The second kappa shape index (κ2) is 18.6. The molecule has 2 aromatic carbocycles. The fraction of sp³-hybridized carbons (Fsp3) is 0.533. The van der Waals surface area contributed by atoms with E-state index in [0.717, 1.165) is 35.4 Å². The molecule has 232 valence electrons. The van der Waals surface area contributed by atoms with Gasteiger partial charge in [-0.3, -0.25) is 0 Å². The van der Waals surface area contributed by atoms with Gasteiger partial charge in [0.1, 0.15) is 30.9 Å². The molecule has 0 fully saturated rings. The van der Waals surface area contributed by atoms with E-state index in [1.54, 1.807) is 28.4 Å². The average Bonchev–Trinajstić information content (AvgIpc) is 3.67. The largest absolute Gasteiger partial charge is 0.360 e. The van der Waals surface area contributed by atoms with E-state index in [1.165, 1.54) is 19.4 Å². The molecule has 0 aliphatic rings. The lowest BCUT2D eigenvalue weighted by Gasteiger charge is -2.27. The summed E-state index contributed by atoms with van der Waals surface area (Å²) in [5.74, 6) is 2.28. The molecular weight excluding hydrogens is 669 g/mol. The van der Waals surface area contributed by atoms with Gasteiger partial charge in [-0.1, -0.05) is 72.5 Å². The van der Waals surface area contributed by atoms with Crippen LogP contribution in [0.5, 0.6) is 0 Å². The first-order valence-corrected chi connectivity index (χ1v) is 22.1. The number of fused-ring (bicyclic) bond motifs is 2. The van der Waals surface area contributed by atoms with Gasteiger partial charge in [0.15, 0.2) is 0 Å². The van der Waals surface area contributed by atoms with Crippen molar-refractivity contribution in [2.75, 3.05) is 39.9 Å². The summed E-state index contributed by atoms with van der Waals surface area (Å²) < 4.78 is 25.0. The van der Waals surface area contributed by atoms with Crippen molar-refractivity contribution < 1.29 is 18.9 Å². The number of para-hydroxylation sites is 2. The van der Waals surface area contributed by atoms with E-state index in [2.05, 4.69) is 62.4 Å². The summed E-state index contributed by atoms with van der Waals surface area (Å²) in [5, 5.41) is 2.43. The third kappa shape index (κ3) is 9.77. The van der Waals surface area contributed by atoms with Crippen LogP contribution in [0.15, 0.2) is 48.5 Å². The molecule has 0 saturated heterocycles. The minimum absolute atomic E-state index is 0.182. The van der Waals surface area contributed by atoms with Crippen molar-refractivity contribution in [2.45, 2.75) is 61.4 Å². The molecule has 0 spiro atoms. The van der Waals surface area contributed by atoms with Crippen LogP contribution in [0.3, 0.4) is 0 Å². The minimum Gasteiger partial charge on any atom is -0.360 e. The monoisotopic (exact) mass is 708 g/mol. The highest BCUT2D eigenvalue weighted by atomic mass is 33.5. The molecule has 0 N–H and O–H groups in total. The summed E-state index contributed by atoms with van der Waals surface area (Å²) in [4.78, 5) is 10.2. The summed E-state index contributed by atoms with van der Waals surface area (Å²) in [6, 6.07) is 16.9. The number of aromatic nitrogens is 2. The molecule has 4 radical (unpaired) electrons. The van der Waals surface area contributed by atoms with Gasteiger partial charge < -0.3 is 18.9 Å². The maximum absolute atomic E-state index is 5.62. The highest BCUT2D eigenvalue weighted by molar-refractivity contribution is 9.09. The van der Waals surface area contributed by atoms with Crippen LogP contribution in [-0.2, 0) is 18.9 Å². The van der Waals surface area contributed by atoms with E-state index in [-0.39, 0.29) is 11.8 Å². The number of hydrogen-bond acceptors (Lipinski definition) is 11. The van der Waals surface area contributed by atoms with Crippen molar-refractivity contribution in [3.8, 4) is 0 Å². The zero-order valence-electron chi connectivity index (χ0n) is 25.5. The summed E-state index contributed by atoms with van der Waals surface area (Å²) in [7, 11) is 13.8. The lowest BCUT2D eigenvalue weighted by atomic mass is 10.1. The van der Waals surface area contributed by atoms with E-state index < -0.39 is 0 Å². The molecule has 43 heavy (non-hydrogen) atoms. The van der Waals surface area contributed by atoms with E-state index in [1.807, 2.05) is 54.1 Å². The van der Waals surface area contributed by atoms with Crippen LogP contribution in [0.25, 0.3) is 20.4 Å². The SMILES string of the molecule is CCC([Si]C(OC)OC)C(CSSSCC(c1nc2ccccc2s1)C(CC)[Si]C(OC)OC)c1nc2ccccc2s1. The maximum atomic E-state index is 5.62. The quantitative estimate of drug-likeness (QED) is 0.0388. The fourth-order valence-electron chi connectivity index (χ4n) is 4.90. The van der Waals surface area contributed by atoms with E-state index >= 15 is 0 Å². The fourth-order valence-corrected chi connectivity index (χ4v) is 15.0. The third-order valence-electron chi connectivity index (χ3n) is 7.25. The standard InChI is InChI=1S/C30H40N2O4S5Si2/c1-7-25(42-29(33-3)34-4)19(27-31-21-13-9-11-15-23(21)39-27)17-37-41-38-18-20(26(8-2)43-30(35-5)36-6)28-32-22-14-10-12-16-24(22)40-28/h9-16,19-20,25-26,29-30H,7-8,17-18H2,1-6H3. The molecule has 2 aromatic heterocycles. The zero-order chi connectivity index (χ0) is 30.6. The molecule has 0 saturated carbocycles. The Morgan fingerprint density at radius 2 is 1.05 bits per heavy atom. The molecule has 4 aromatic rings. The van der Waals surface area contributed by atoms with Crippen molar-refractivity contribution in [2.24, 2.45) is 0 Å². The van der Waals surface area contributed by atoms with Crippen molar-refractivity contribution in [1.29, 1.82) is 0 Å². The molecule has 0 bridgehead atoms. The second-order valence-corrected chi connectivity index (χ2v) is 19.4. The minimum atomic E-state index is -0.182. The second-order valence-electron chi connectivity index (χ2n) is 9.86. The van der Waals surface area contributed by atoms with Gasteiger partial charge >= 0.3 is 0 Å². The smallest absolute Gasteiger partial charge is 0.136 e. The summed E-state index contributed by atoms with van der Waals surface area (Å²) in [5.41, 5.74) is 3.04. The molecule has 2 heterocycles. The Morgan fingerprint density at radius 1 is 0.651 bits per heavy atom. The van der Waals surface area contributed by atoms with Crippen molar-refractivity contribution in [3.05, 3.63) is 58.5 Å². The summed E-state index contributed by atoms with van der Waals surface area (Å²) in [6.07, 6.45) is 2.11. The zero-order valence-corrected chi connectivity index (χ0v) is 31.6. The molecule has 6 nitrogen and oxygen atoms in total. The number of nitrogens with zero attached hydrogens (tertiary/aromatic N) is 2. The molecule has 4 unspecified atom stereocenters. The van der Waals surface area contributed by atoms with E-state index in [9.17, 15) is 0 Å². The van der Waals surface area contributed by atoms with Gasteiger partial charge in [-0.25, -0.2) is 9.97 Å². The first kappa shape index (κ1) is 35.4. The van der Waals surface area contributed by atoms with Gasteiger partial charge in [-0.2, -0.15) is 0 Å². The lowest BCUT2D eigenvalue weighted by Crippen LogP contribution is -2.29. The Hall–Kier alpha value is -0.456. The van der Waals surface area contributed by atoms with Gasteiger partial charge in [0.25, 0.3) is 0 Å². The average molecular weight is 709 g/mol. The molecule has 0 amide bonds. The first-order chi connectivity index (χ1) is 21.0. The maximum Gasteiger partial charge on any atom is 0.136 e. The third-order valence-corrected chi connectivity index (χ3v) is 17.9. The molecular formula is C30H40N2O4S5Si2. The van der Waals surface area contributed by atoms with Crippen LogP contribution in [-0.4, -0.2) is 80.8 Å². The molecule has 13 heteroatoms. The number of benzene rings is 2. The Bertz CT molecular complexity index is 1200. The van der Waals surface area contributed by atoms with Crippen LogP contribution in [0.1, 0.15) is 48.5 Å². The highest BCUT2D eigenvalue weighted by Gasteiger charge is 2.31. The lowest BCUT2D eigenvalue weighted by molar-refractivity contribution is -0.0451. The first-order valence-electron chi connectivity index (χ1n) is 14.3. The van der Waals surface area contributed by atoms with Crippen LogP contribution in [0, 0.1) is 0 Å². The number of methoxy groups -OCH3 is 4. The molecule has 0 aliphatic carbocycles. The Labute approximate surface area is 280 Å². The molecule has 4 atom stereocenters. The van der Waals surface area contributed by atoms with Gasteiger partial charge in [0.05, 0.1) is 30.4 Å². The van der Waals surface area contributed by atoms with Crippen molar-refractivity contribution in [3.63, 3.8) is 0 Å². The van der Waals surface area contributed by atoms with E-state index in [4.69, 9.17) is 28.9 Å². The Kier molecular flexibility index (Phi) is 15.3. The van der Waals surface area contributed by atoms with Gasteiger partial charge in [-0.15, -0.1) is 22.7 Å². The van der Waals surface area contributed by atoms with Crippen LogP contribution < -0.4 is 0 Å².